The van der Waals surface area contributed by atoms with Crippen molar-refractivity contribution in [2.75, 3.05) is 18.4 Å². The zero-order valence-electron chi connectivity index (χ0n) is 19.9. The Hall–Kier alpha value is -2.37. The highest BCUT2D eigenvalue weighted by molar-refractivity contribution is 8.00. The van der Waals surface area contributed by atoms with Crippen LogP contribution in [0.5, 0.6) is 0 Å². The summed E-state index contributed by atoms with van der Waals surface area (Å²) in [5.74, 6) is -3.54. The molecule has 3 rings (SSSR count). The Labute approximate surface area is 213 Å². The summed E-state index contributed by atoms with van der Waals surface area (Å²) in [4.78, 5) is 24.1. The lowest BCUT2D eigenvalue weighted by Gasteiger charge is -2.17. The normalized spacial score (nSPS) is 15.0. The summed E-state index contributed by atoms with van der Waals surface area (Å²) in [7, 11) is 0. The number of hydrogen-bond acceptors (Lipinski definition) is 8. The van der Waals surface area contributed by atoms with Gasteiger partial charge in [-0.2, -0.15) is 0 Å². The summed E-state index contributed by atoms with van der Waals surface area (Å²) in [6.45, 7) is 9.37. The number of nitrogens with one attached hydrogen (secondary N) is 2. The highest BCUT2D eigenvalue weighted by Gasteiger charge is 2.29. The molecule has 0 spiro atoms. The molecule has 2 atom stereocenters. The molecule has 6 N–H and O–H groups in total. The lowest BCUT2D eigenvalue weighted by molar-refractivity contribution is -0.165. The minimum absolute atomic E-state index is 0.177. The van der Waals surface area contributed by atoms with E-state index in [-0.39, 0.29) is 4.75 Å². The van der Waals surface area contributed by atoms with Crippen LogP contribution in [0.4, 0.5) is 5.69 Å². The molecule has 0 saturated heterocycles. The summed E-state index contributed by atoms with van der Waals surface area (Å²) < 4.78 is 0.177. The van der Waals surface area contributed by atoms with Crippen molar-refractivity contribution in [1.29, 1.82) is 0 Å². The average Bonchev–Trinajstić information content (AvgIpc) is 3.03. The van der Waals surface area contributed by atoms with Crippen molar-refractivity contribution in [3.63, 3.8) is 0 Å². The highest BCUT2D eigenvalue weighted by Crippen LogP contribution is 2.32. The fourth-order valence-corrected chi connectivity index (χ4v) is 4.40. The van der Waals surface area contributed by atoms with Gasteiger partial charge in [-0.05, 0) is 54.8 Å². The third kappa shape index (κ3) is 9.30. The first-order valence-electron chi connectivity index (χ1n) is 11.1. The predicted molar refractivity (Wildman–Crippen MR) is 136 cm³/mol. The minimum Gasteiger partial charge on any atom is -0.479 e. The van der Waals surface area contributed by atoms with Gasteiger partial charge in [0.1, 0.15) is 0 Å². The van der Waals surface area contributed by atoms with Gasteiger partial charge in [0, 0.05) is 17.5 Å². The van der Waals surface area contributed by atoms with E-state index < -0.39 is 24.1 Å². The Morgan fingerprint density at radius 2 is 1.71 bits per heavy atom. The summed E-state index contributed by atoms with van der Waals surface area (Å²) in [6.07, 6.45) is -0.507. The zero-order valence-corrected chi connectivity index (χ0v) is 21.5. The highest BCUT2D eigenvalue weighted by atomic mass is 35.5. The standard InChI is InChI=1S/C20H26ClN3S.C4H6O6/c1-20(2,3)25-18-7-4-14(12-23-18)13-24-19-16-9-11-22-10-8-15(16)5-6-17(19)21;5-1(3(7)8)2(6)4(9)10/h4-7,12,22,24H,8-11,13H2,1-3H3;1-2,5-6H,(H,7,8)(H,9,10)/t;1-,2-/m.1/s1. The lowest BCUT2D eigenvalue weighted by atomic mass is 10.0. The molecule has 1 aromatic heterocycles. The van der Waals surface area contributed by atoms with Crippen LogP contribution in [-0.4, -0.2) is 67.4 Å². The van der Waals surface area contributed by atoms with E-state index in [1.807, 2.05) is 12.3 Å². The molecule has 35 heavy (non-hydrogen) atoms. The largest absolute Gasteiger partial charge is 0.479 e. The number of carboxylic acid groups (broad SMARTS) is 2. The molecule has 1 aromatic carbocycles. The molecule has 0 bridgehead atoms. The number of aliphatic hydroxyl groups excluding tert-OH is 2. The van der Waals surface area contributed by atoms with Crippen molar-refractivity contribution in [2.24, 2.45) is 0 Å². The number of benzene rings is 1. The molecular weight excluding hydrogens is 494 g/mol. The van der Waals surface area contributed by atoms with E-state index in [1.54, 1.807) is 11.8 Å². The van der Waals surface area contributed by atoms with E-state index in [0.717, 1.165) is 48.2 Å². The van der Waals surface area contributed by atoms with Crippen LogP contribution in [0.3, 0.4) is 0 Å². The van der Waals surface area contributed by atoms with Crippen LogP contribution in [0.25, 0.3) is 0 Å². The molecule has 11 heteroatoms. The number of fused-ring (bicyclic) bond motifs is 1. The van der Waals surface area contributed by atoms with Crippen LogP contribution < -0.4 is 10.6 Å². The first-order chi connectivity index (χ1) is 16.4. The van der Waals surface area contributed by atoms with Crippen molar-refractivity contribution < 1.29 is 30.0 Å². The molecule has 2 aromatic rings. The van der Waals surface area contributed by atoms with Crippen LogP contribution in [0, 0.1) is 0 Å². The summed E-state index contributed by atoms with van der Waals surface area (Å²) >= 11 is 8.26. The van der Waals surface area contributed by atoms with Crippen molar-refractivity contribution in [2.45, 2.75) is 62.1 Å². The summed E-state index contributed by atoms with van der Waals surface area (Å²) in [5, 5.41) is 41.4. The van der Waals surface area contributed by atoms with E-state index in [2.05, 4.69) is 54.6 Å². The molecule has 0 saturated carbocycles. The van der Waals surface area contributed by atoms with Crippen molar-refractivity contribution >= 4 is 41.0 Å². The number of aromatic nitrogens is 1. The van der Waals surface area contributed by atoms with E-state index in [4.69, 9.17) is 32.0 Å². The lowest BCUT2D eigenvalue weighted by Crippen LogP contribution is -2.39. The SMILES string of the molecule is CC(C)(C)Sc1ccc(CNc2c(Cl)ccc3c2CCNCC3)cn1.O=C(O)[C@H](O)[C@@H](O)C(=O)O. The third-order valence-corrected chi connectivity index (χ3v) is 6.34. The fourth-order valence-electron chi connectivity index (χ4n) is 3.28. The molecular formula is C24H32ClN3O6S. The van der Waals surface area contributed by atoms with Crippen molar-refractivity contribution in [1.82, 2.24) is 10.3 Å². The monoisotopic (exact) mass is 525 g/mol. The number of halogens is 1. The molecule has 0 aliphatic carbocycles. The average molecular weight is 526 g/mol. The third-order valence-electron chi connectivity index (χ3n) is 4.96. The Morgan fingerprint density at radius 1 is 1.09 bits per heavy atom. The molecule has 0 radical (unpaired) electrons. The Morgan fingerprint density at radius 3 is 2.26 bits per heavy atom. The first-order valence-corrected chi connectivity index (χ1v) is 12.3. The van der Waals surface area contributed by atoms with E-state index in [1.165, 1.54) is 16.7 Å². The molecule has 1 aliphatic heterocycles. The minimum atomic E-state index is -2.27. The Balaban J connectivity index is 0.000000367. The predicted octanol–water partition coefficient (Wildman–Crippen LogP) is 2.80. The number of thioether (sulfide) groups is 1. The number of hydrogen-bond donors (Lipinski definition) is 6. The maximum Gasteiger partial charge on any atom is 0.335 e. The topological polar surface area (TPSA) is 152 Å². The maximum absolute atomic E-state index is 9.77. The van der Waals surface area contributed by atoms with Gasteiger partial charge in [-0.3, -0.25) is 0 Å². The molecule has 0 amide bonds. The van der Waals surface area contributed by atoms with Gasteiger partial charge in [-0.25, -0.2) is 14.6 Å². The number of anilines is 1. The number of carboxylic acids is 2. The second kappa shape index (κ2) is 13.1. The number of nitrogens with zero attached hydrogens (tertiary/aromatic N) is 1. The van der Waals surface area contributed by atoms with Crippen LogP contribution in [0.1, 0.15) is 37.5 Å². The maximum atomic E-state index is 9.77. The Kier molecular flexibility index (Phi) is 10.8. The van der Waals surface area contributed by atoms with Crippen LogP contribution >= 0.6 is 23.4 Å². The van der Waals surface area contributed by atoms with Crippen LogP contribution in [0.15, 0.2) is 35.5 Å². The summed E-state index contributed by atoms with van der Waals surface area (Å²) in [5.41, 5.74) is 4.99. The number of rotatable bonds is 7. The molecule has 1 aliphatic rings. The van der Waals surface area contributed by atoms with E-state index >= 15 is 0 Å². The smallest absolute Gasteiger partial charge is 0.335 e. The van der Waals surface area contributed by atoms with Crippen molar-refractivity contribution in [3.05, 3.63) is 52.2 Å². The summed E-state index contributed by atoms with van der Waals surface area (Å²) in [6, 6.07) is 8.42. The van der Waals surface area contributed by atoms with Gasteiger partial charge in [0.2, 0.25) is 0 Å². The number of aliphatic hydroxyl groups is 2. The molecule has 0 fully saturated rings. The van der Waals surface area contributed by atoms with Crippen LogP contribution in [-0.2, 0) is 29.0 Å². The van der Waals surface area contributed by atoms with Gasteiger partial charge in [0.25, 0.3) is 0 Å². The number of pyridine rings is 1. The molecule has 9 nitrogen and oxygen atoms in total. The first kappa shape index (κ1) is 28.9. The zero-order chi connectivity index (χ0) is 26.2. The van der Waals surface area contributed by atoms with Gasteiger partial charge in [-0.15, -0.1) is 11.8 Å². The molecule has 192 valence electrons. The second-order valence-corrected chi connectivity index (χ2v) is 11.2. The van der Waals surface area contributed by atoms with Crippen LogP contribution in [0.2, 0.25) is 5.02 Å². The molecule has 0 unspecified atom stereocenters. The van der Waals surface area contributed by atoms with Gasteiger partial charge in [0.05, 0.1) is 15.7 Å². The van der Waals surface area contributed by atoms with E-state index in [9.17, 15) is 9.59 Å². The van der Waals surface area contributed by atoms with E-state index in [0.29, 0.717) is 0 Å². The van der Waals surface area contributed by atoms with Gasteiger partial charge < -0.3 is 31.1 Å². The quantitative estimate of drug-likeness (QED) is 0.297. The van der Waals surface area contributed by atoms with Gasteiger partial charge in [-0.1, -0.05) is 44.5 Å². The van der Waals surface area contributed by atoms with Gasteiger partial charge >= 0.3 is 11.9 Å². The molecule has 2 heterocycles. The second-order valence-electron chi connectivity index (χ2n) is 8.95. The number of carbonyl (C=O) groups is 2. The van der Waals surface area contributed by atoms with Gasteiger partial charge in [0.15, 0.2) is 12.2 Å². The number of aliphatic carboxylic acids is 2. The van der Waals surface area contributed by atoms with Crippen molar-refractivity contribution in [3.8, 4) is 0 Å². The Bertz CT molecular complexity index is 996. The fraction of sp³-hybridized carbons (Fsp3) is 0.458.